The maximum atomic E-state index is 5.67. The summed E-state index contributed by atoms with van der Waals surface area (Å²) >= 11 is 0. The zero-order valence-electron chi connectivity index (χ0n) is 8.95. The average molecular weight is 202 g/mol. The Bertz CT molecular complexity index is 474. The van der Waals surface area contributed by atoms with Crippen molar-refractivity contribution in [1.29, 1.82) is 0 Å². The smallest absolute Gasteiger partial charge is 0.171 e. The lowest BCUT2D eigenvalue weighted by Crippen LogP contribution is -1.98. The Labute approximate surface area is 88.9 Å². The largest absolute Gasteiger partial charge is 0.356 e. The van der Waals surface area contributed by atoms with Crippen molar-refractivity contribution in [2.24, 2.45) is 5.73 Å². The molecule has 2 aromatic rings. The van der Waals surface area contributed by atoms with Crippen molar-refractivity contribution in [3.63, 3.8) is 0 Å². The molecule has 1 heterocycles. The molecule has 0 aliphatic carbocycles. The summed E-state index contributed by atoms with van der Waals surface area (Å²) in [5, 5.41) is 3.94. The van der Waals surface area contributed by atoms with Crippen LogP contribution in [0.15, 0.2) is 28.8 Å². The normalized spacial score (nSPS) is 10.6. The SMILES string of the molecule is Cc1cccc(-c2onc(C)c2CN)c1. The van der Waals surface area contributed by atoms with Crippen LogP contribution >= 0.6 is 0 Å². The van der Waals surface area contributed by atoms with Gasteiger partial charge in [-0.25, -0.2) is 0 Å². The molecule has 0 aliphatic rings. The van der Waals surface area contributed by atoms with Crippen molar-refractivity contribution in [3.05, 3.63) is 41.1 Å². The van der Waals surface area contributed by atoms with Gasteiger partial charge in [-0.2, -0.15) is 0 Å². The highest BCUT2D eigenvalue weighted by atomic mass is 16.5. The summed E-state index contributed by atoms with van der Waals surface area (Å²) in [5.74, 6) is 0.790. The van der Waals surface area contributed by atoms with Gasteiger partial charge in [-0.05, 0) is 19.9 Å². The number of rotatable bonds is 2. The number of aryl methyl sites for hydroxylation is 2. The molecule has 0 spiro atoms. The molecule has 2 rings (SSSR count). The molecule has 0 amide bonds. The predicted octanol–water partition coefficient (Wildman–Crippen LogP) is 2.42. The summed E-state index contributed by atoms with van der Waals surface area (Å²) in [6, 6.07) is 8.13. The number of benzene rings is 1. The van der Waals surface area contributed by atoms with E-state index < -0.39 is 0 Å². The van der Waals surface area contributed by atoms with Gasteiger partial charge in [0.1, 0.15) is 0 Å². The highest BCUT2D eigenvalue weighted by molar-refractivity contribution is 5.62. The molecular weight excluding hydrogens is 188 g/mol. The average Bonchev–Trinajstić information content (AvgIpc) is 2.59. The molecule has 15 heavy (non-hydrogen) atoms. The Hall–Kier alpha value is -1.61. The summed E-state index contributed by atoms with van der Waals surface area (Å²) in [4.78, 5) is 0. The topological polar surface area (TPSA) is 52.0 Å². The summed E-state index contributed by atoms with van der Waals surface area (Å²) in [7, 11) is 0. The lowest BCUT2D eigenvalue weighted by atomic mass is 10.1. The number of nitrogens with zero attached hydrogens (tertiary/aromatic N) is 1. The van der Waals surface area contributed by atoms with Gasteiger partial charge < -0.3 is 10.3 Å². The van der Waals surface area contributed by atoms with Crippen molar-refractivity contribution in [2.75, 3.05) is 0 Å². The maximum Gasteiger partial charge on any atom is 0.171 e. The van der Waals surface area contributed by atoms with Crippen LogP contribution in [0.25, 0.3) is 11.3 Å². The molecular formula is C12H14N2O. The van der Waals surface area contributed by atoms with E-state index in [0.717, 1.165) is 22.6 Å². The molecule has 0 saturated heterocycles. The van der Waals surface area contributed by atoms with Gasteiger partial charge >= 0.3 is 0 Å². The molecule has 1 aromatic heterocycles. The molecule has 3 heteroatoms. The second-order valence-corrected chi connectivity index (χ2v) is 3.65. The van der Waals surface area contributed by atoms with E-state index >= 15 is 0 Å². The van der Waals surface area contributed by atoms with Crippen molar-refractivity contribution in [2.45, 2.75) is 20.4 Å². The Morgan fingerprint density at radius 2 is 2.13 bits per heavy atom. The monoisotopic (exact) mass is 202 g/mol. The van der Waals surface area contributed by atoms with Crippen LogP contribution in [0.3, 0.4) is 0 Å². The lowest BCUT2D eigenvalue weighted by molar-refractivity contribution is 0.426. The van der Waals surface area contributed by atoms with E-state index in [1.807, 2.05) is 19.1 Å². The zero-order valence-corrected chi connectivity index (χ0v) is 8.95. The molecule has 0 atom stereocenters. The maximum absolute atomic E-state index is 5.67. The van der Waals surface area contributed by atoms with E-state index in [1.165, 1.54) is 5.56 Å². The van der Waals surface area contributed by atoms with Crippen LogP contribution < -0.4 is 5.73 Å². The fourth-order valence-corrected chi connectivity index (χ4v) is 1.64. The van der Waals surface area contributed by atoms with E-state index in [-0.39, 0.29) is 0 Å². The molecule has 3 nitrogen and oxygen atoms in total. The number of hydrogen-bond acceptors (Lipinski definition) is 3. The van der Waals surface area contributed by atoms with Gasteiger partial charge in [-0.15, -0.1) is 0 Å². The van der Waals surface area contributed by atoms with E-state index in [9.17, 15) is 0 Å². The number of aromatic nitrogens is 1. The Kier molecular flexibility index (Phi) is 2.56. The summed E-state index contributed by atoms with van der Waals surface area (Å²) < 4.78 is 5.30. The molecule has 0 radical (unpaired) electrons. The van der Waals surface area contributed by atoms with Crippen molar-refractivity contribution < 1.29 is 4.52 Å². The Balaban J connectivity index is 2.54. The van der Waals surface area contributed by atoms with Gasteiger partial charge in [-0.3, -0.25) is 0 Å². The highest BCUT2D eigenvalue weighted by Gasteiger charge is 2.12. The predicted molar refractivity (Wildman–Crippen MR) is 59.3 cm³/mol. The summed E-state index contributed by atoms with van der Waals surface area (Å²) in [5.41, 5.74) is 9.76. The third kappa shape index (κ3) is 1.78. The van der Waals surface area contributed by atoms with Crippen LogP contribution in [0.1, 0.15) is 16.8 Å². The van der Waals surface area contributed by atoms with E-state index in [0.29, 0.717) is 6.54 Å². The highest BCUT2D eigenvalue weighted by Crippen LogP contribution is 2.26. The number of hydrogen-bond donors (Lipinski definition) is 1. The first-order valence-electron chi connectivity index (χ1n) is 4.94. The molecule has 78 valence electrons. The van der Waals surface area contributed by atoms with Crippen LogP contribution in [-0.4, -0.2) is 5.16 Å². The second-order valence-electron chi connectivity index (χ2n) is 3.65. The first-order valence-corrected chi connectivity index (χ1v) is 4.94. The molecule has 0 bridgehead atoms. The van der Waals surface area contributed by atoms with Gasteiger partial charge in [0, 0.05) is 17.7 Å². The Morgan fingerprint density at radius 3 is 2.80 bits per heavy atom. The van der Waals surface area contributed by atoms with Crippen molar-refractivity contribution in [1.82, 2.24) is 5.16 Å². The molecule has 0 fully saturated rings. The van der Waals surface area contributed by atoms with Gasteiger partial charge in [0.25, 0.3) is 0 Å². The fourth-order valence-electron chi connectivity index (χ4n) is 1.64. The third-order valence-electron chi connectivity index (χ3n) is 2.47. The van der Waals surface area contributed by atoms with Crippen molar-refractivity contribution in [3.8, 4) is 11.3 Å². The quantitative estimate of drug-likeness (QED) is 0.813. The van der Waals surface area contributed by atoms with E-state index in [1.54, 1.807) is 0 Å². The molecule has 0 unspecified atom stereocenters. The van der Waals surface area contributed by atoms with E-state index in [2.05, 4.69) is 24.2 Å². The van der Waals surface area contributed by atoms with Gasteiger partial charge in [0.15, 0.2) is 5.76 Å². The lowest BCUT2D eigenvalue weighted by Gasteiger charge is -2.00. The second kappa shape index (κ2) is 3.87. The van der Waals surface area contributed by atoms with Crippen molar-refractivity contribution >= 4 is 0 Å². The number of nitrogens with two attached hydrogens (primary N) is 1. The summed E-state index contributed by atoms with van der Waals surface area (Å²) in [6.07, 6.45) is 0. The third-order valence-corrected chi connectivity index (χ3v) is 2.47. The van der Waals surface area contributed by atoms with Crippen LogP contribution in [-0.2, 0) is 6.54 Å². The standard InChI is InChI=1S/C12H14N2O/c1-8-4-3-5-10(6-8)12-11(7-13)9(2)14-15-12/h3-6H,7,13H2,1-2H3. The fraction of sp³-hybridized carbons (Fsp3) is 0.250. The van der Waals surface area contributed by atoms with Crippen LogP contribution in [0.2, 0.25) is 0 Å². The first kappa shape index (κ1) is 9.93. The zero-order chi connectivity index (χ0) is 10.8. The van der Waals surface area contributed by atoms with E-state index in [4.69, 9.17) is 10.3 Å². The minimum atomic E-state index is 0.457. The molecule has 0 aliphatic heterocycles. The summed E-state index contributed by atoms with van der Waals surface area (Å²) in [6.45, 7) is 4.42. The van der Waals surface area contributed by atoms with Crippen LogP contribution in [0, 0.1) is 13.8 Å². The minimum Gasteiger partial charge on any atom is -0.356 e. The molecule has 2 N–H and O–H groups in total. The van der Waals surface area contributed by atoms with Gasteiger partial charge in [0.2, 0.25) is 0 Å². The minimum absolute atomic E-state index is 0.457. The van der Waals surface area contributed by atoms with Crippen LogP contribution in [0.5, 0.6) is 0 Å². The molecule has 0 saturated carbocycles. The Morgan fingerprint density at radius 1 is 1.33 bits per heavy atom. The van der Waals surface area contributed by atoms with Gasteiger partial charge in [0.05, 0.1) is 5.69 Å². The molecule has 1 aromatic carbocycles. The van der Waals surface area contributed by atoms with Crippen LogP contribution in [0.4, 0.5) is 0 Å². The van der Waals surface area contributed by atoms with Gasteiger partial charge in [-0.1, -0.05) is 28.9 Å². The first-order chi connectivity index (χ1) is 7.22.